The fraction of sp³-hybridized carbons (Fsp3) is 0.500. The van der Waals surface area contributed by atoms with Crippen LogP contribution in [0.5, 0.6) is 0 Å². The molecule has 2 heterocycles. The van der Waals surface area contributed by atoms with E-state index >= 15 is 0 Å². The molecule has 3 rings (SSSR count). The number of carbonyl (C=O) groups excluding carboxylic acids is 2. The van der Waals surface area contributed by atoms with Crippen molar-refractivity contribution >= 4 is 39.1 Å². The van der Waals surface area contributed by atoms with Crippen LogP contribution in [0.25, 0.3) is 0 Å². The largest absolute Gasteiger partial charge is 0.332 e. The molecule has 0 spiro atoms. The highest BCUT2D eigenvalue weighted by molar-refractivity contribution is 7.92. The molecule has 0 aromatic heterocycles. The van der Waals surface area contributed by atoms with Crippen LogP contribution < -0.4 is 16.0 Å². The molecule has 25 heavy (non-hydrogen) atoms. The summed E-state index contributed by atoms with van der Waals surface area (Å²) in [4.78, 5) is 23.3. The van der Waals surface area contributed by atoms with Gasteiger partial charge in [-0.05, 0) is 25.0 Å². The van der Waals surface area contributed by atoms with Gasteiger partial charge in [-0.2, -0.15) is 0 Å². The van der Waals surface area contributed by atoms with Crippen LogP contribution in [0.1, 0.15) is 25.7 Å². The number of para-hydroxylation sites is 1. The van der Waals surface area contributed by atoms with E-state index in [4.69, 9.17) is 11.6 Å². The topological polar surface area (TPSA) is 104 Å². The molecule has 7 nitrogen and oxygen atoms in total. The Bertz CT molecular complexity index is 783. The minimum Gasteiger partial charge on any atom is -0.332 e. The summed E-state index contributed by atoms with van der Waals surface area (Å²) < 4.78 is 24.4. The fourth-order valence-corrected chi connectivity index (χ4v) is 5.86. The minimum absolute atomic E-state index is 0.0198. The van der Waals surface area contributed by atoms with E-state index in [-0.39, 0.29) is 36.2 Å². The Kier molecular flexibility index (Phi) is 5.19. The lowest BCUT2D eigenvalue weighted by Crippen LogP contribution is -2.39. The maximum absolute atomic E-state index is 12.2. The predicted octanol–water partition coefficient (Wildman–Crippen LogP) is 1.69. The van der Waals surface area contributed by atoms with Crippen molar-refractivity contribution in [3.05, 3.63) is 29.3 Å². The highest BCUT2D eigenvalue weighted by Crippen LogP contribution is 2.28. The van der Waals surface area contributed by atoms with Gasteiger partial charge >= 0.3 is 6.03 Å². The van der Waals surface area contributed by atoms with Crippen molar-refractivity contribution in [3.63, 3.8) is 0 Å². The second-order valence-corrected chi connectivity index (χ2v) is 9.06. The molecular formula is C16H20ClN3O4S. The number of hydrogen-bond donors (Lipinski definition) is 3. The average molecular weight is 386 g/mol. The zero-order valence-corrected chi connectivity index (χ0v) is 15.1. The summed E-state index contributed by atoms with van der Waals surface area (Å²) in [6.07, 6.45) is 1.89. The molecular weight excluding hydrogens is 366 g/mol. The van der Waals surface area contributed by atoms with Crippen molar-refractivity contribution < 1.29 is 18.0 Å². The van der Waals surface area contributed by atoms with E-state index in [0.717, 1.165) is 0 Å². The summed E-state index contributed by atoms with van der Waals surface area (Å²) >= 11 is 5.99. The van der Waals surface area contributed by atoms with Gasteiger partial charge in [0.15, 0.2) is 9.84 Å². The summed E-state index contributed by atoms with van der Waals surface area (Å²) in [5.74, 6) is -0.176. The molecule has 0 unspecified atom stereocenters. The van der Waals surface area contributed by atoms with Gasteiger partial charge in [0.1, 0.15) is 0 Å². The molecule has 2 fully saturated rings. The number of sulfone groups is 1. The molecule has 2 saturated heterocycles. The first-order valence-electron chi connectivity index (χ1n) is 8.20. The zero-order valence-electron chi connectivity index (χ0n) is 13.5. The number of rotatable bonds is 6. The van der Waals surface area contributed by atoms with Gasteiger partial charge < -0.3 is 16.0 Å². The standard InChI is InChI=1S/C16H20ClN3O4S/c17-10-5-1-2-6-11(10)18-14(21)8-4-3-7-13-15-12(9-25(13,23)24)19-16(22)20-15/h1-2,5-6,12-13,15H,3-4,7-9H2,(H,18,21)(H2,19,20,22)/t12-,13+,15+/m0/s1. The molecule has 9 heteroatoms. The molecule has 1 aromatic rings. The number of carbonyl (C=O) groups is 2. The normalized spacial score (nSPS) is 26.6. The molecule has 0 bridgehead atoms. The molecule has 0 radical (unpaired) electrons. The molecule has 0 aliphatic carbocycles. The van der Waals surface area contributed by atoms with Gasteiger partial charge in [0, 0.05) is 6.42 Å². The van der Waals surface area contributed by atoms with E-state index < -0.39 is 15.1 Å². The SMILES string of the molecule is O=C(CCCC[C@@H]1[C@@H]2NC(=O)N[C@H]2CS1(=O)=O)Nc1ccccc1Cl. The van der Waals surface area contributed by atoms with Crippen molar-refractivity contribution in [1.82, 2.24) is 10.6 Å². The maximum Gasteiger partial charge on any atom is 0.315 e. The number of fused-ring (bicyclic) bond motifs is 1. The van der Waals surface area contributed by atoms with Crippen LogP contribution in [0.3, 0.4) is 0 Å². The van der Waals surface area contributed by atoms with E-state index in [1.165, 1.54) is 0 Å². The van der Waals surface area contributed by atoms with Crippen molar-refractivity contribution in [3.8, 4) is 0 Å². The number of unbranched alkanes of at least 4 members (excludes halogenated alkanes) is 1. The summed E-state index contributed by atoms with van der Waals surface area (Å²) in [6, 6.07) is 5.97. The van der Waals surface area contributed by atoms with Gasteiger partial charge in [-0.3, -0.25) is 4.79 Å². The Balaban J connectivity index is 1.46. The van der Waals surface area contributed by atoms with E-state index in [1.54, 1.807) is 24.3 Å². The summed E-state index contributed by atoms with van der Waals surface area (Å²) in [6.45, 7) is 0. The van der Waals surface area contributed by atoms with E-state index in [9.17, 15) is 18.0 Å². The third-order valence-electron chi connectivity index (χ3n) is 4.61. The second-order valence-electron chi connectivity index (χ2n) is 6.39. The number of amides is 3. The Labute approximate surface area is 151 Å². The van der Waals surface area contributed by atoms with Crippen molar-refractivity contribution in [2.75, 3.05) is 11.1 Å². The Hall–Kier alpha value is -1.80. The molecule has 2 aliphatic heterocycles. The number of urea groups is 1. The number of nitrogens with one attached hydrogen (secondary N) is 3. The summed E-state index contributed by atoms with van der Waals surface area (Å²) in [5.41, 5.74) is 0.565. The summed E-state index contributed by atoms with van der Waals surface area (Å²) in [5, 5.41) is 7.96. The zero-order chi connectivity index (χ0) is 18.0. The van der Waals surface area contributed by atoms with Gasteiger partial charge in [-0.25, -0.2) is 13.2 Å². The van der Waals surface area contributed by atoms with Crippen LogP contribution >= 0.6 is 11.6 Å². The molecule has 3 amide bonds. The van der Waals surface area contributed by atoms with E-state index in [1.807, 2.05) is 0 Å². The number of anilines is 1. The lowest BCUT2D eigenvalue weighted by Gasteiger charge is -2.16. The monoisotopic (exact) mass is 385 g/mol. The highest BCUT2D eigenvalue weighted by atomic mass is 35.5. The molecule has 1 aromatic carbocycles. The van der Waals surface area contributed by atoms with Crippen LogP contribution in [0.4, 0.5) is 10.5 Å². The first kappa shape index (κ1) is 18.0. The average Bonchev–Trinajstić information content (AvgIpc) is 2.98. The highest BCUT2D eigenvalue weighted by Gasteiger charge is 2.51. The van der Waals surface area contributed by atoms with Crippen LogP contribution in [-0.4, -0.2) is 43.4 Å². The molecule has 2 aliphatic rings. The molecule has 3 atom stereocenters. The first-order chi connectivity index (χ1) is 11.9. The third kappa shape index (κ3) is 4.07. The van der Waals surface area contributed by atoms with Crippen LogP contribution in [-0.2, 0) is 14.6 Å². The van der Waals surface area contributed by atoms with Gasteiger partial charge in [-0.15, -0.1) is 0 Å². The maximum atomic E-state index is 12.2. The Morgan fingerprint density at radius 1 is 1.24 bits per heavy atom. The number of benzene rings is 1. The summed E-state index contributed by atoms with van der Waals surface area (Å²) in [7, 11) is -3.22. The fourth-order valence-electron chi connectivity index (χ4n) is 3.41. The lowest BCUT2D eigenvalue weighted by molar-refractivity contribution is -0.116. The first-order valence-corrected chi connectivity index (χ1v) is 10.3. The molecule has 136 valence electrons. The Morgan fingerprint density at radius 2 is 2.00 bits per heavy atom. The van der Waals surface area contributed by atoms with Crippen LogP contribution in [0, 0.1) is 0 Å². The van der Waals surface area contributed by atoms with E-state index in [0.29, 0.717) is 30.0 Å². The van der Waals surface area contributed by atoms with Crippen LogP contribution in [0.2, 0.25) is 5.02 Å². The van der Waals surface area contributed by atoms with Gasteiger partial charge in [0.2, 0.25) is 5.91 Å². The van der Waals surface area contributed by atoms with Gasteiger partial charge in [0.05, 0.1) is 33.8 Å². The quantitative estimate of drug-likeness (QED) is 0.512. The molecule has 3 N–H and O–H groups in total. The molecule has 0 saturated carbocycles. The Morgan fingerprint density at radius 3 is 2.76 bits per heavy atom. The lowest BCUT2D eigenvalue weighted by atomic mass is 10.0. The second kappa shape index (κ2) is 7.21. The van der Waals surface area contributed by atoms with Crippen molar-refractivity contribution in [2.45, 2.75) is 43.0 Å². The van der Waals surface area contributed by atoms with Gasteiger partial charge in [-0.1, -0.05) is 30.2 Å². The predicted molar refractivity (Wildman–Crippen MR) is 95.4 cm³/mol. The van der Waals surface area contributed by atoms with Crippen molar-refractivity contribution in [1.29, 1.82) is 0 Å². The van der Waals surface area contributed by atoms with Gasteiger partial charge in [0.25, 0.3) is 0 Å². The van der Waals surface area contributed by atoms with Crippen molar-refractivity contribution in [2.24, 2.45) is 0 Å². The minimum atomic E-state index is -3.22. The number of halogens is 1. The van der Waals surface area contributed by atoms with Crippen LogP contribution in [0.15, 0.2) is 24.3 Å². The number of hydrogen-bond acceptors (Lipinski definition) is 4. The third-order valence-corrected chi connectivity index (χ3v) is 7.22. The van der Waals surface area contributed by atoms with E-state index in [2.05, 4.69) is 16.0 Å². The smallest absolute Gasteiger partial charge is 0.315 e.